The molecule has 0 radical (unpaired) electrons. The third-order valence-electron chi connectivity index (χ3n) is 5.81. The molecule has 0 saturated carbocycles. The van der Waals surface area contributed by atoms with E-state index in [-0.39, 0.29) is 24.2 Å². The number of fused-ring (bicyclic) bond motifs is 1. The Labute approximate surface area is 209 Å². The van der Waals surface area contributed by atoms with Crippen molar-refractivity contribution in [2.24, 2.45) is 5.92 Å². The molecule has 9 heteroatoms. The van der Waals surface area contributed by atoms with Gasteiger partial charge in [0, 0.05) is 6.42 Å². The summed E-state index contributed by atoms with van der Waals surface area (Å²) in [5.41, 5.74) is 5.03. The van der Waals surface area contributed by atoms with E-state index in [4.69, 9.17) is 0 Å². The Kier molecular flexibility index (Phi) is 13.2. The minimum Gasteiger partial charge on any atom is -1.00 e. The number of halogens is 1. The lowest BCUT2D eigenvalue weighted by Crippen LogP contribution is -3.00. The summed E-state index contributed by atoms with van der Waals surface area (Å²) in [5.74, 6) is -1.29. The first-order valence-electron chi connectivity index (χ1n) is 12.0. The smallest absolute Gasteiger partial charge is 0.475 e. The number of carbonyl (C=O) groups is 2. The topological polar surface area (TPSA) is 126 Å². The standard InChI is InChI=1S/C25H38BN3O4.ClH/c1-4-5-6-11-23(26(32)33)29-25(31)22(14-17(2)3)28-24(30)21(27)16-18-12-13-19-9-7-8-10-20(19)15-18;/h7-10,12-13,15,17,21-23,32-33H,4-6,11,14,16,27H2,1-3H3,(H,28,30)(H,29,31);1H/t21-,22+,23+;/m1./s1. The van der Waals surface area contributed by atoms with Crippen LogP contribution in [0.1, 0.15) is 58.4 Å². The van der Waals surface area contributed by atoms with E-state index in [0.29, 0.717) is 19.3 Å². The first-order chi connectivity index (χ1) is 15.7. The van der Waals surface area contributed by atoms with E-state index >= 15 is 0 Å². The number of benzene rings is 2. The van der Waals surface area contributed by atoms with Crippen LogP contribution in [-0.4, -0.2) is 47.0 Å². The number of carbonyl (C=O) groups excluding carboxylic acids is 2. The van der Waals surface area contributed by atoms with Crippen molar-refractivity contribution < 1.29 is 37.8 Å². The van der Waals surface area contributed by atoms with Gasteiger partial charge in [0.1, 0.15) is 6.04 Å². The molecule has 3 atom stereocenters. The molecule has 0 fully saturated rings. The quantitative estimate of drug-likeness (QED) is 0.175. The van der Waals surface area contributed by atoms with E-state index in [1.54, 1.807) is 0 Å². The SMILES string of the molecule is CCCCC[C@H](NC(=O)[C@H](CC(C)C)NC(=O)[C@H]([NH3+])Cc1ccc2ccccc2c1)B(O)O.[Cl-]. The highest BCUT2D eigenvalue weighted by Crippen LogP contribution is 2.16. The van der Waals surface area contributed by atoms with Crippen LogP contribution in [0.15, 0.2) is 42.5 Å². The molecule has 7 nitrogen and oxygen atoms in total. The number of rotatable bonds is 13. The summed E-state index contributed by atoms with van der Waals surface area (Å²) in [4.78, 5) is 25.8. The molecule has 0 unspecified atom stereocenters. The van der Waals surface area contributed by atoms with Crippen LogP contribution >= 0.6 is 0 Å². The van der Waals surface area contributed by atoms with Gasteiger partial charge in [0.25, 0.3) is 5.91 Å². The molecule has 34 heavy (non-hydrogen) atoms. The predicted octanol–water partition coefficient (Wildman–Crippen LogP) is -1.40. The van der Waals surface area contributed by atoms with Crippen molar-refractivity contribution in [2.45, 2.75) is 77.3 Å². The molecule has 0 aliphatic carbocycles. The van der Waals surface area contributed by atoms with Crippen LogP contribution in [-0.2, 0) is 16.0 Å². The highest BCUT2D eigenvalue weighted by molar-refractivity contribution is 6.43. The summed E-state index contributed by atoms with van der Waals surface area (Å²) < 4.78 is 0. The predicted molar refractivity (Wildman–Crippen MR) is 132 cm³/mol. The first kappa shape index (κ1) is 29.9. The summed E-state index contributed by atoms with van der Waals surface area (Å²) >= 11 is 0. The fourth-order valence-electron chi connectivity index (χ4n) is 3.93. The van der Waals surface area contributed by atoms with Crippen molar-refractivity contribution in [1.29, 1.82) is 0 Å². The second-order valence-electron chi connectivity index (χ2n) is 9.30. The van der Waals surface area contributed by atoms with E-state index < -0.39 is 31.1 Å². The lowest BCUT2D eigenvalue weighted by Gasteiger charge is -2.24. The van der Waals surface area contributed by atoms with Crippen molar-refractivity contribution in [3.63, 3.8) is 0 Å². The molecule has 2 aromatic carbocycles. The van der Waals surface area contributed by atoms with Gasteiger partial charge in [-0.05, 0) is 35.1 Å². The van der Waals surface area contributed by atoms with Crippen LogP contribution in [0.2, 0.25) is 0 Å². The van der Waals surface area contributed by atoms with Crippen molar-refractivity contribution in [3.05, 3.63) is 48.0 Å². The maximum atomic E-state index is 12.9. The van der Waals surface area contributed by atoms with E-state index in [2.05, 4.69) is 29.4 Å². The van der Waals surface area contributed by atoms with Gasteiger partial charge >= 0.3 is 7.12 Å². The third-order valence-corrected chi connectivity index (χ3v) is 5.81. The summed E-state index contributed by atoms with van der Waals surface area (Å²) in [6.07, 6.45) is 4.11. The largest absolute Gasteiger partial charge is 1.00 e. The number of quaternary nitrogens is 1. The van der Waals surface area contributed by atoms with Crippen LogP contribution < -0.4 is 28.8 Å². The zero-order valence-corrected chi connectivity index (χ0v) is 21.2. The first-order valence-corrected chi connectivity index (χ1v) is 12.0. The van der Waals surface area contributed by atoms with E-state index in [1.807, 2.05) is 50.2 Å². The van der Waals surface area contributed by atoms with E-state index in [9.17, 15) is 19.6 Å². The zero-order valence-electron chi connectivity index (χ0n) is 20.5. The van der Waals surface area contributed by atoms with E-state index in [1.165, 1.54) is 0 Å². The number of unbranched alkanes of at least 4 members (excludes halogenated alkanes) is 2. The molecule has 0 aromatic heterocycles. The second-order valence-corrected chi connectivity index (χ2v) is 9.30. The molecule has 0 aliphatic heterocycles. The fourth-order valence-corrected chi connectivity index (χ4v) is 3.93. The van der Waals surface area contributed by atoms with Crippen LogP contribution in [0.4, 0.5) is 0 Å². The molecule has 2 rings (SSSR count). The maximum Gasteiger partial charge on any atom is 0.475 e. The van der Waals surface area contributed by atoms with Gasteiger partial charge in [-0.2, -0.15) is 0 Å². The fraction of sp³-hybridized carbons (Fsp3) is 0.520. The number of amides is 2. The molecule has 0 bridgehead atoms. The normalized spacial score (nSPS) is 13.6. The van der Waals surface area contributed by atoms with Crippen molar-refractivity contribution in [2.75, 3.05) is 0 Å². The average Bonchev–Trinajstić information content (AvgIpc) is 2.77. The molecule has 0 spiro atoms. The number of nitrogens with one attached hydrogen (secondary N) is 2. The van der Waals surface area contributed by atoms with Gasteiger partial charge in [-0.1, -0.05) is 82.5 Å². The Morgan fingerprint density at radius 3 is 2.29 bits per heavy atom. The third kappa shape index (κ3) is 9.62. The van der Waals surface area contributed by atoms with Gasteiger partial charge < -0.3 is 38.8 Å². The van der Waals surface area contributed by atoms with E-state index in [0.717, 1.165) is 35.6 Å². The van der Waals surface area contributed by atoms with Crippen LogP contribution in [0.25, 0.3) is 10.8 Å². The van der Waals surface area contributed by atoms with Crippen LogP contribution in [0.5, 0.6) is 0 Å². The maximum absolute atomic E-state index is 12.9. The molecule has 2 amide bonds. The molecule has 0 heterocycles. The van der Waals surface area contributed by atoms with Crippen molar-refractivity contribution >= 4 is 29.7 Å². The highest BCUT2D eigenvalue weighted by Gasteiger charge is 2.31. The van der Waals surface area contributed by atoms with Gasteiger partial charge in [0.2, 0.25) is 5.91 Å². The number of hydrogen-bond donors (Lipinski definition) is 5. The number of hydrogen-bond acceptors (Lipinski definition) is 4. The summed E-state index contributed by atoms with van der Waals surface area (Å²) in [5, 5.41) is 27.2. The zero-order chi connectivity index (χ0) is 24.4. The Morgan fingerprint density at radius 1 is 1.00 bits per heavy atom. The molecule has 0 saturated heterocycles. The van der Waals surface area contributed by atoms with Gasteiger partial charge in [0.15, 0.2) is 6.04 Å². The van der Waals surface area contributed by atoms with Crippen molar-refractivity contribution in [1.82, 2.24) is 10.6 Å². The van der Waals surface area contributed by atoms with Gasteiger partial charge in [0.05, 0.1) is 5.94 Å². The Balaban J connectivity index is 0.00000578. The highest BCUT2D eigenvalue weighted by atomic mass is 35.5. The van der Waals surface area contributed by atoms with Gasteiger partial charge in [-0.15, -0.1) is 0 Å². The Hall–Kier alpha value is -2.13. The molecule has 188 valence electrons. The molecule has 0 aliphatic rings. The molecule has 2 aromatic rings. The summed E-state index contributed by atoms with van der Waals surface area (Å²) in [6.45, 7) is 6.01. The Morgan fingerprint density at radius 2 is 1.68 bits per heavy atom. The molecular formula is C25H39BClN3O4. The minimum atomic E-state index is -1.64. The van der Waals surface area contributed by atoms with Gasteiger partial charge in [-0.3, -0.25) is 9.59 Å². The Bertz CT molecular complexity index is 913. The average molecular weight is 492 g/mol. The van der Waals surface area contributed by atoms with Crippen molar-refractivity contribution in [3.8, 4) is 0 Å². The lowest BCUT2D eigenvalue weighted by atomic mass is 9.76. The lowest BCUT2D eigenvalue weighted by molar-refractivity contribution is -0.403. The van der Waals surface area contributed by atoms with Crippen LogP contribution in [0.3, 0.4) is 0 Å². The summed E-state index contributed by atoms with van der Waals surface area (Å²) in [7, 11) is -1.64. The minimum absolute atomic E-state index is 0. The molecular weight excluding hydrogens is 453 g/mol. The molecule has 7 N–H and O–H groups in total. The monoisotopic (exact) mass is 491 g/mol. The second kappa shape index (κ2) is 15.0. The van der Waals surface area contributed by atoms with Gasteiger partial charge in [-0.25, -0.2) is 0 Å². The summed E-state index contributed by atoms with van der Waals surface area (Å²) in [6, 6.07) is 12.8. The van der Waals surface area contributed by atoms with Crippen LogP contribution in [0, 0.1) is 5.92 Å².